The number of carbonyl (C=O) groups is 2. The molecular formula is C22H22N2O4. The summed E-state index contributed by atoms with van der Waals surface area (Å²) in [6.07, 6.45) is 0.475. The third kappa shape index (κ3) is 4.28. The van der Waals surface area contributed by atoms with Crippen LogP contribution in [0, 0.1) is 13.8 Å². The fourth-order valence-electron chi connectivity index (χ4n) is 3.02. The summed E-state index contributed by atoms with van der Waals surface area (Å²) in [7, 11) is 1.30. The van der Waals surface area contributed by atoms with Crippen molar-refractivity contribution in [2.24, 2.45) is 0 Å². The van der Waals surface area contributed by atoms with Crippen LogP contribution in [0.4, 0.5) is 5.69 Å². The molecule has 0 aliphatic carbocycles. The molecule has 28 heavy (non-hydrogen) atoms. The number of carbonyl (C=O) groups excluding carboxylic acids is 2. The molecule has 0 spiro atoms. The first kappa shape index (κ1) is 19.4. The van der Waals surface area contributed by atoms with Crippen LogP contribution in [-0.2, 0) is 16.0 Å². The molecule has 0 radical (unpaired) electrons. The average Bonchev–Trinajstić information content (AvgIpc) is 2.67. The van der Waals surface area contributed by atoms with Gasteiger partial charge >= 0.3 is 5.97 Å². The Labute approximate surface area is 162 Å². The van der Waals surface area contributed by atoms with Crippen molar-refractivity contribution in [3.8, 4) is 0 Å². The van der Waals surface area contributed by atoms with Gasteiger partial charge in [-0.2, -0.15) is 0 Å². The zero-order chi connectivity index (χ0) is 20.3. The van der Waals surface area contributed by atoms with Gasteiger partial charge in [0, 0.05) is 23.2 Å². The van der Waals surface area contributed by atoms with Crippen LogP contribution in [0.5, 0.6) is 0 Å². The SMILES string of the molecule is COC(=O)c1cccc(NC(=O)CCc2cc3cc(C)c(C)cc3[nH]c2=O)c1. The van der Waals surface area contributed by atoms with E-state index in [1.54, 1.807) is 24.3 Å². The Morgan fingerprint density at radius 3 is 2.57 bits per heavy atom. The van der Waals surface area contributed by atoms with Crippen molar-refractivity contribution in [2.75, 3.05) is 12.4 Å². The summed E-state index contributed by atoms with van der Waals surface area (Å²) in [4.78, 5) is 39.1. The van der Waals surface area contributed by atoms with Crippen LogP contribution in [0.15, 0.2) is 47.3 Å². The molecule has 0 saturated carbocycles. The number of pyridine rings is 1. The van der Waals surface area contributed by atoms with Crippen LogP contribution in [0.3, 0.4) is 0 Å². The quantitative estimate of drug-likeness (QED) is 0.665. The van der Waals surface area contributed by atoms with E-state index in [9.17, 15) is 14.4 Å². The molecule has 0 bridgehead atoms. The zero-order valence-corrected chi connectivity index (χ0v) is 16.1. The molecule has 0 unspecified atom stereocenters. The average molecular weight is 378 g/mol. The van der Waals surface area contributed by atoms with Gasteiger partial charge in [0.2, 0.25) is 5.91 Å². The molecule has 144 valence electrons. The Morgan fingerprint density at radius 1 is 1.07 bits per heavy atom. The van der Waals surface area contributed by atoms with Crippen molar-refractivity contribution >= 4 is 28.5 Å². The van der Waals surface area contributed by atoms with Crippen molar-refractivity contribution in [3.63, 3.8) is 0 Å². The lowest BCUT2D eigenvalue weighted by Crippen LogP contribution is -2.17. The molecule has 2 aromatic carbocycles. The van der Waals surface area contributed by atoms with E-state index in [4.69, 9.17) is 0 Å². The maximum absolute atomic E-state index is 12.3. The molecule has 2 N–H and O–H groups in total. The first-order valence-electron chi connectivity index (χ1n) is 8.99. The lowest BCUT2D eigenvalue weighted by Gasteiger charge is -2.08. The van der Waals surface area contributed by atoms with E-state index >= 15 is 0 Å². The van der Waals surface area contributed by atoms with E-state index in [2.05, 4.69) is 15.0 Å². The number of hydrogen-bond acceptors (Lipinski definition) is 4. The van der Waals surface area contributed by atoms with Gasteiger partial charge in [-0.3, -0.25) is 9.59 Å². The maximum Gasteiger partial charge on any atom is 0.337 e. The predicted molar refractivity (Wildman–Crippen MR) is 109 cm³/mol. The lowest BCUT2D eigenvalue weighted by molar-refractivity contribution is -0.116. The van der Waals surface area contributed by atoms with Gasteiger partial charge in [0.05, 0.1) is 12.7 Å². The third-order valence-electron chi connectivity index (χ3n) is 4.72. The van der Waals surface area contributed by atoms with Crippen molar-refractivity contribution in [1.29, 1.82) is 0 Å². The van der Waals surface area contributed by atoms with Gasteiger partial charge in [-0.15, -0.1) is 0 Å². The number of H-pyrrole nitrogens is 1. The maximum atomic E-state index is 12.3. The number of nitrogens with one attached hydrogen (secondary N) is 2. The summed E-state index contributed by atoms with van der Waals surface area (Å²) in [6.45, 7) is 4.02. The molecule has 6 heteroatoms. The number of benzene rings is 2. The fourth-order valence-corrected chi connectivity index (χ4v) is 3.02. The predicted octanol–water partition coefficient (Wildman–Crippen LogP) is 3.50. The highest BCUT2D eigenvalue weighted by Gasteiger charge is 2.10. The normalized spacial score (nSPS) is 10.7. The van der Waals surface area contributed by atoms with Gasteiger partial charge in [0.1, 0.15) is 0 Å². The number of methoxy groups -OCH3 is 1. The summed E-state index contributed by atoms with van der Waals surface area (Å²) >= 11 is 0. The lowest BCUT2D eigenvalue weighted by atomic mass is 10.0. The second-order valence-electron chi connectivity index (χ2n) is 6.77. The molecule has 1 heterocycles. The van der Waals surface area contributed by atoms with Crippen LogP contribution in [0.2, 0.25) is 0 Å². The van der Waals surface area contributed by atoms with Crippen LogP contribution >= 0.6 is 0 Å². The number of amides is 1. The molecule has 0 fully saturated rings. The molecule has 0 saturated heterocycles. The number of ether oxygens (including phenoxy) is 1. The summed E-state index contributed by atoms with van der Waals surface area (Å²) < 4.78 is 4.68. The number of aromatic amines is 1. The molecule has 0 atom stereocenters. The second kappa shape index (κ2) is 8.08. The van der Waals surface area contributed by atoms with E-state index < -0.39 is 5.97 Å². The van der Waals surface area contributed by atoms with Crippen molar-refractivity contribution < 1.29 is 14.3 Å². The van der Waals surface area contributed by atoms with Crippen LogP contribution in [0.25, 0.3) is 10.9 Å². The number of fused-ring (bicyclic) bond motifs is 1. The monoisotopic (exact) mass is 378 g/mol. The number of aryl methyl sites for hydroxylation is 3. The van der Waals surface area contributed by atoms with E-state index in [0.717, 1.165) is 22.0 Å². The second-order valence-corrected chi connectivity index (χ2v) is 6.77. The van der Waals surface area contributed by atoms with E-state index in [1.807, 2.05) is 32.0 Å². The van der Waals surface area contributed by atoms with Crippen LogP contribution in [-0.4, -0.2) is 24.0 Å². The minimum Gasteiger partial charge on any atom is -0.465 e. The summed E-state index contributed by atoms with van der Waals surface area (Å²) in [6, 6.07) is 12.3. The first-order valence-corrected chi connectivity index (χ1v) is 8.99. The standard InChI is InChI=1S/C22H22N2O4/c1-13-9-17-11-15(21(26)24-19(17)10-14(13)2)7-8-20(25)23-18-6-4-5-16(12-18)22(27)28-3/h4-6,9-12H,7-8H2,1-3H3,(H,23,25)(H,24,26). The van der Waals surface area contributed by atoms with Crippen molar-refractivity contribution in [1.82, 2.24) is 4.98 Å². The van der Waals surface area contributed by atoms with Gasteiger partial charge in [0.25, 0.3) is 5.56 Å². The third-order valence-corrected chi connectivity index (χ3v) is 4.72. The van der Waals surface area contributed by atoms with Gasteiger partial charge in [-0.25, -0.2) is 4.79 Å². The Bertz CT molecular complexity index is 1120. The Morgan fingerprint density at radius 2 is 1.82 bits per heavy atom. The van der Waals surface area contributed by atoms with E-state index in [-0.39, 0.29) is 17.9 Å². The number of rotatable bonds is 5. The molecule has 3 aromatic rings. The van der Waals surface area contributed by atoms with Gasteiger partial charge in [0.15, 0.2) is 0 Å². The minimum absolute atomic E-state index is 0.155. The summed E-state index contributed by atoms with van der Waals surface area (Å²) in [5.41, 5.74) is 4.30. The number of esters is 1. The van der Waals surface area contributed by atoms with Crippen LogP contribution in [0.1, 0.15) is 33.5 Å². The molecule has 1 aromatic heterocycles. The highest BCUT2D eigenvalue weighted by molar-refractivity contribution is 5.94. The molecular weight excluding hydrogens is 356 g/mol. The van der Waals surface area contributed by atoms with Crippen molar-refractivity contribution in [3.05, 3.63) is 75.1 Å². The largest absolute Gasteiger partial charge is 0.465 e. The van der Waals surface area contributed by atoms with Gasteiger partial charge in [-0.05, 0) is 73.2 Å². The first-order chi connectivity index (χ1) is 13.4. The molecule has 3 rings (SSSR count). The Balaban J connectivity index is 1.71. The highest BCUT2D eigenvalue weighted by atomic mass is 16.5. The van der Waals surface area contributed by atoms with E-state index in [0.29, 0.717) is 23.2 Å². The Kier molecular flexibility index (Phi) is 5.59. The molecule has 0 aliphatic rings. The number of hydrogen-bond donors (Lipinski definition) is 2. The summed E-state index contributed by atoms with van der Waals surface area (Å²) in [5, 5.41) is 3.69. The highest BCUT2D eigenvalue weighted by Crippen LogP contribution is 2.18. The summed E-state index contributed by atoms with van der Waals surface area (Å²) in [5.74, 6) is -0.703. The zero-order valence-electron chi connectivity index (χ0n) is 16.1. The molecule has 6 nitrogen and oxygen atoms in total. The number of aromatic nitrogens is 1. The minimum atomic E-state index is -0.468. The number of anilines is 1. The fraction of sp³-hybridized carbons (Fsp3) is 0.227. The van der Waals surface area contributed by atoms with Gasteiger partial charge in [-0.1, -0.05) is 6.07 Å². The topological polar surface area (TPSA) is 88.3 Å². The van der Waals surface area contributed by atoms with Crippen molar-refractivity contribution in [2.45, 2.75) is 26.7 Å². The molecule has 0 aliphatic heterocycles. The van der Waals surface area contributed by atoms with E-state index in [1.165, 1.54) is 7.11 Å². The Hall–Kier alpha value is -3.41. The smallest absolute Gasteiger partial charge is 0.337 e. The van der Waals surface area contributed by atoms with Gasteiger partial charge < -0.3 is 15.0 Å². The molecule has 1 amide bonds. The van der Waals surface area contributed by atoms with Crippen LogP contribution < -0.4 is 10.9 Å².